The largest absolute Gasteiger partial charge is 0.0895 e. The predicted octanol–water partition coefficient (Wildman–Crippen LogP) is 5.91. The van der Waals surface area contributed by atoms with E-state index < -0.39 is 0 Å². The standard InChI is InChI=1S/C17H27Cl/c18-17-6-2-5-13(15-7-8-15)3-1-4-14(11-12-17)16-9-10-16/h6,13-16H,1-5,7-12H2/b17-6+. The Hall–Kier alpha value is 0.0300. The van der Waals surface area contributed by atoms with Crippen LogP contribution in [0.15, 0.2) is 11.1 Å². The average Bonchev–Trinajstić information content (AvgIpc) is 3.22. The van der Waals surface area contributed by atoms with Crippen molar-refractivity contribution in [3.05, 3.63) is 11.1 Å². The first-order chi connectivity index (χ1) is 8.83. The molecule has 18 heavy (non-hydrogen) atoms. The fraction of sp³-hybridized carbons (Fsp3) is 0.882. The molecule has 0 amide bonds. The van der Waals surface area contributed by atoms with Crippen LogP contribution in [-0.4, -0.2) is 0 Å². The van der Waals surface area contributed by atoms with Crippen LogP contribution in [0.1, 0.15) is 70.6 Å². The quantitative estimate of drug-likeness (QED) is 0.583. The van der Waals surface area contributed by atoms with Gasteiger partial charge in [0, 0.05) is 5.03 Å². The maximum Gasteiger partial charge on any atom is 0.0141 e. The van der Waals surface area contributed by atoms with Crippen LogP contribution < -0.4 is 0 Å². The molecule has 1 heteroatoms. The summed E-state index contributed by atoms with van der Waals surface area (Å²) in [6.07, 6.45) is 17.9. The van der Waals surface area contributed by atoms with Gasteiger partial charge in [0.1, 0.15) is 0 Å². The number of hydrogen-bond acceptors (Lipinski definition) is 0. The molecule has 0 heterocycles. The molecule has 0 aromatic carbocycles. The van der Waals surface area contributed by atoms with Gasteiger partial charge < -0.3 is 0 Å². The van der Waals surface area contributed by atoms with Crippen molar-refractivity contribution in [2.24, 2.45) is 23.7 Å². The minimum absolute atomic E-state index is 0.991. The van der Waals surface area contributed by atoms with Crippen molar-refractivity contribution in [3.8, 4) is 0 Å². The molecular formula is C17H27Cl. The summed E-state index contributed by atoms with van der Waals surface area (Å²) in [5.41, 5.74) is 0. The highest BCUT2D eigenvalue weighted by molar-refractivity contribution is 6.29. The van der Waals surface area contributed by atoms with E-state index in [-0.39, 0.29) is 0 Å². The zero-order valence-electron chi connectivity index (χ0n) is 11.5. The first-order valence-corrected chi connectivity index (χ1v) is 8.55. The second-order valence-electron chi connectivity index (χ2n) is 6.89. The lowest BCUT2D eigenvalue weighted by molar-refractivity contribution is 0.338. The number of allylic oxidation sites excluding steroid dienone is 2. The van der Waals surface area contributed by atoms with Crippen LogP contribution in [0.25, 0.3) is 0 Å². The molecule has 3 rings (SSSR count). The minimum atomic E-state index is 0.991. The van der Waals surface area contributed by atoms with Gasteiger partial charge in [0.05, 0.1) is 0 Å². The highest BCUT2D eigenvalue weighted by Crippen LogP contribution is 2.45. The Kier molecular flexibility index (Phi) is 4.34. The van der Waals surface area contributed by atoms with Gasteiger partial charge in [-0.05, 0) is 75.0 Å². The molecule has 2 atom stereocenters. The second-order valence-corrected chi connectivity index (χ2v) is 7.38. The van der Waals surface area contributed by atoms with Crippen LogP contribution in [0.5, 0.6) is 0 Å². The van der Waals surface area contributed by atoms with Crippen molar-refractivity contribution in [1.29, 1.82) is 0 Å². The summed E-state index contributed by atoms with van der Waals surface area (Å²) in [7, 11) is 0. The third-order valence-electron chi connectivity index (χ3n) is 5.38. The van der Waals surface area contributed by atoms with E-state index in [4.69, 9.17) is 11.6 Å². The van der Waals surface area contributed by atoms with Crippen LogP contribution in [0.3, 0.4) is 0 Å². The summed E-state index contributed by atoms with van der Waals surface area (Å²) in [4.78, 5) is 0. The summed E-state index contributed by atoms with van der Waals surface area (Å²) in [6, 6.07) is 0. The molecule has 0 bridgehead atoms. The highest BCUT2D eigenvalue weighted by Gasteiger charge is 2.33. The van der Waals surface area contributed by atoms with Crippen molar-refractivity contribution in [3.63, 3.8) is 0 Å². The van der Waals surface area contributed by atoms with Crippen molar-refractivity contribution < 1.29 is 0 Å². The Morgan fingerprint density at radius 3 is 1.89 bits per heavy atom. The van der Waals surface area contributed by atoms with Gasteiger partial charge in [-0.2, -0.15) is 0 Å². The Balaban J connectivity index is 1.58. The van der Waals surface area contributed by atoms with Gasteiger partial charge >= 0.3 is 0 Å². The van der Waals surface area contributed by atoms with E-state index in [9.17, 15) is 0 Å². The Bertz CT molecular complexity index is 299. The summed E-state index contributed by atoms with van der Waals surface area (Å²) < 4.78 is 0. The van der Waals surface area contributed by atoms with Crippen LogP contribution in [0.2, 0.25) is 0 Å². The van der Waals surface area contributed by atoms with Crippen molar-refractivity contribution in [1.82, 2.24) is 0 Å². The lowest BCUT2D eigenvalue weighted by Crippen LogP contribution is -2.06. The predicted molar refractivity (Wildman–Crippen MR) is 78.7 cm³/mol. The number of halogens is 1. The first kappa shape index (κ1) is 13.0. The maximum absolute atomic E-state index is 6.37. The van der Waals surface area contributed by atoms with Crippen LogP contribution >= 0.6 is 11.6 Å². The van der Waals surface area contributed by atoms with Crippen LogP contribution in [0, 0.1) is 23.7 Å². The molecule has 0 N–H and O–H groups in total. The van der Waals surface area contributed by atoms with E-state index in [0.717, 1.165) is 35.1 Å². The lowest BCUT2D eigenvalue weighted by Gasteiger charge is -2.18. The van der Waals surface area contributed by atoms with Gasteiger partial charge in [0.25, 0.3) is 0 Å². The van der Waals surface area contributed by atoms with Crippen LogP contribution in [0.4, 0.5) is 0 Å². The lowest BCUT2D eigenvalue weighted by atomic mass is 9.88. The van der Waals surface area contributed by atoms with E-state index in [1.807, 2.05) is 0 Å². The molecule has 0 nitrogen and oxygen atoms in total. The van der Waals surface area contributed by atoms with E-state index in [1.165, 1.54) is 64.2 Å². The van der Waals surface area contributed by atoms with Gasteiger partial charge in [-0.25, -0.2) is 0 Å². The normalized spacial score (nSPS) is 38.6. The highest BCUT2D eigenvalue weighted by atomic mass is 35.5. The Labute approximate surface area is 117 Å². The third-order valence-corrected chi connectivity index (χ3v) is 5.73. The molecule has 0 aromatic rings. The Morgan fingerprint density at radius 1 is 0.722 bits per heavy atom. The first-order valence-electron chi connectivity index (χ1n) is 8.17. The SMILES string of the molecule is Cl/C1=C/CCC(C2CC2)CCCC(C2CC2)CC1. The van der Waals surface area contributed by atoms with Gasteiger partial charge in [-0.15, -0.1) is 0 Å². The molecular weight excluding hydrogens is 240 g/mol. The zero-order valence-corrected chi connectivity index (χ0v) is 12.3. The van der Waals surface area contributed by atoms with Gasteiger partial charge in [-0.3, -0.25) is 0 Å². The molecule has 2 unspecified atom stereocenters. The van der Waals surface area contributed by atoms with E-state index in [1.54, 1.807) is 0 Å². The molecule has 0 radical (unpaired) electrons. The Morgan fingerprint density at radius 2 is 1.28 bits per heavy atom. The summed E-state index contributed by atoms with van der Waals surface area (Å²) >= 11 is 6.37. The molecule has 0 aromatic heterocycles. The molecule has 102 valence electrons. The second kappa shape index (κ2) is 5.99. The smallest absolute Gasteiger partial charge is 0.0141 e. The average molecular weight is 267 g/mol. The molecule has 0 spiro atoms. The van der Waals surface area contributed by atoms with Crippen molar-refractivity contribution in [2.75, 3.05) is 0 Å². The monoisotopic (exact) mass is 266 g/mol. The van der Waals surface area contributed by atoms with Gasteiger partial charge in [-0.1, -0.05) is 36.9 Å². The summed E-state index contributed by atoms with van der Waals surface area (Å²) in [5, 5.41) is 1.15. The van der Waals surface area contributed by atoms with Crippen LogP contribution in [-0.2, 0) is 0 Å². The van der Waals surface area contributed by atoms with E-state index in [2.05, 4.69) is 6.08 Å². The minimum Gasteiger partial charge on any atom is -0.0895 e. The van der Waals surface area contributed by atoms with E-state index >= 15 is 0 Å². The fourth-order valence-electron chi connectivity index (χ4n) is 3.89. The number of hydrogen-bond donors (Lipinski definition) is 0. The fourth-order valence-corrected chi connectivity index (χ4v) is 4.11. The van der Waals surface area contributed by atoms with Crippen molar-refractivity contribution >= 4 is 11.6 Å². The van der Waals surface area contributed by atoms with E-state index in [0.29, 0.717) is 0 Å². The van der Waals surface area contributed by atoms with Crippen molar-refractivity contribution in [2.45, 2.75) is 70.6 Å². The molecule has 2 fully saturated rings. The molecule has 0 saturated heterocycles. The van der Waals surface area contributed by atoms with Gasteiger partial charge in [0.15, 0.2) is 0 Å². The maximum atomic E-state index is 6.37. The molecule has 2 saturated carbocycles. The third kappa shape index (κ3) is 3.76. The topological polar surface area (TPSA) is 0 Å². The molecule has 0 aliphatic heterocycles. The summed E-state index contributed by atoms with van der Waals surface area (Å²) in [5.74, 6) is 4.15. The number of rotatable bonds is 2. The zero-order chi connectivity index (χ0) is 12.4. The molecule has 3 aliphatic carbocycles. The molecule has 3 aliphatic rings. The summed E-state index contributed by atoms with van der Waals surface area (Å²) in [6.45, 7) is 0. The van der Waals surface area contributed by atoms with Gasteiger partial charge in [0.2, 0.25) is 0 Å².